The van der Waals surface area contributed by atoms with Gasteiger partial charge in [-0.25, -0.2) is 4.39 Å². The molecule has 0 fully saturated rings. The molecule has 21 heavy (non-hydrogen) atoms. The van der Waals surface area contributed by atoms with Crippen LogP contribution in [-0.2, 0) is 5.41 Å². The summed E-state index contributed by atoms with van der Waals surface area (Å²) in [6.45, 7) is 7.33. The van der Waals surface area contributed by atoms with Crippen LogP contribution in [0.4, 0.5) is 4.39 Å². The molecule has 2 rings (SSSR count). The molecule has 0 aliphatic carbocycles. The maximum Gasteiger partial charge on any atom is 0.128 e. The molecule has 1 unspecified atom stereocenters. The molecule has 0 saturated heterocycles. The number of benzene rings is 2. The van der Waals surface area contributed by atoms with Crippen molar-refractivity contribution < 1.29 is 4.39 Å². The van der Waals surface area contributed by atoms with Crippen molar-refractivity contribution in [3.63, 3.8) is 0 Å². The number of halogens is 1. The molecule has 0 spiro atoms. The lowest BCUT2D eigenvalue weighted by atomic mass is 9.74. The second-order valence-corrected chi connectivity index (χ2v) is 6.00. The van der Waals surface area contributed by atoms with Gasteiger partial charge in [-0.15, -0.1) is 0 Å². The van der Waals surface area contributed by atoms with E-state index in [4.69, 9.17) is 0 Å². The topological polar surface area (TPSA) is 12.0 Å². The van der Waals surface area contributed by atoms with E-state index in [9.17, 15) is 4.39 Å². The van der Waals surface area contributed by atoms with Crippen molar-refractivity contribution in [1.29, 1.82) is 0 Å². The normalized spacial score (nSPS) is 13.1. The molecular formula is C19H24FN. The molecule has 0 heterocycles. The molecule has 0 aliphatic heterocycles. The Bertz CT molecular complexity index is 563. The number of hydrogen-bond donors (Lipinski definition) is 1. The number of rotatable bonds is 6. The molecule has 1 N–H and O–H groups in total. The Balaban J connectivity index is 2.42. The Morgan fingerprint density at radius 3 is 2.24 bits per heavy atom. The lowest BCUT2D eigenvalue weighted by molar-refractivity contribution is 0.338. The average molecular weight is 285 g/mol. The average Bonchev–Trinajstić information content (AvgIpc) is 2.50. The SMILES string of the molecule is CCCNC(c1ccccc1F)C(C)(C)c1ccccc1. The lowest BCUT2D eigenvalue weighted by Gasteiger charge is -2.36. The van der Waals surface area contributed by atoms with E-state index in [-0.39, 0.29) is 17.3 Å². The summed E-state index contributed by atoms with van der Waals surface area (Å²) in [5, 5.41) is 3.53. The van der Waals surface area contributed by atoms with Crippen LogP contribution in [-0.4, -0.2) is 6.54 Å². The Labute approximate surface area is 127 Å². The summed E-state index contributed by atoms with van der Waals surface area (Å²) in [7, 11) is 0. The van der Waals surface area contributed by atoms with Gasteiger partial charge in [-0.2, -0.15) is 0 Å². The van der Waals surface area contributed by atoms with E-state index in [1.54, 1.807) is 6.07 Å². The minimum atomic E-state index is -0.196. The van der Waals surface area contributed by atoms with E-state index in [2.05, 4.69) is 38.2 Å². The predicted molar refractivity (Wildman–Crippen MR) is 86.9 cm³/mol. The fraction of sp³-hybridized carbons (Fsp3) is 0.368. The Morgan fingerprint density at radius 2 is 1.62 bits per heavy atom. The van der Waals surface area contributed by atoms with Crippen LogP contribution in [0.2, 0.25) is 0 Å². The maximum absolute atomic E-state index is 14.3. The van der Waals surface area contributed by atoms with Gasteiger partial charge < -0.3 is 5.32 Å². The van der Waals surface area contributed by atoms with Crippen molar-refractivity contribution in [2.24, 2.45) is 0 Å². The van der Waals surface area contributed by atoms with Gasteiger partial charge in [0.05, 0.1) is 0 Å². The molecule has 2 aromatic rings. The highest BCUT2D eigenvalue weighted by Crippen LogP contribution is 2.37. The largest absolute Gasteiger partial charge is 0.309 e. The van der Waals surface area contributed by atoms with Crippen LogP contribution < -0.4 is 5.32 Å². The molecule has 0 bridgehead atoms. The minimum absolute atomic E-state index is 0.0546. The Morgan fingerprint density at radius 1 is 1.00 bits per heavy atom. The molecule has 2 heteroatoms. The molecule has 0 saturated carbocycles. The van der Waals surface area contributed by atoms with Crippen LogP contribution in [0, 0.1) is 5.82 Å². The lowest BCUT2D eigenvalue weighted by Crippen LogP contribution is -2.38. The summed E-state index contributed by atoms with van der Waals surface area (Å²) in [5.41, 5.74) is 1.75. The first-order valence-electron chi connectivity index (χ1n) is 7.60. The highest BCUT2D eigenvalue weighted by molar-refractivity contribution is 5.32. The zero-order valence-electron chi connectivity index (χ0n) is 13.1. The van der Waals surface area contributed by atoms with Gasteiger partial charge in [-0.1, -0.05) is 69.3 Å². The van der Waals surface area contributed by atoms with E-state index >= 15 is 0 Å². The first-order valence-corrected chi connectivity index (χ1v) is 7.60. The highest BCUT2D eigenvalue weighted by Gasteiger charge is 2.33. The molecule has 1 nitrogen and oxygen atoms in total. The molecule has 1 atom stereocenters. The van der Waals surface area contributed by atoms with Crippen LogP contribution in [0.25, 0.3) is 0 Å². The van der Waals surface area contributed by atoms with Crippen molar-refractivity contribution in [1.82, 2.24) is 5.32 Å². The van der Waals surface area contributed by atoms with Gasteiger partial charge in [-0.05, 0) is 24.6 Å². The molecule has 112 valence electrons. The third-order valence-electron chi connectivity index (χ3n) is 4.05. The predicted octanol–water partition coefficient (Wildman–Crippen LogP) is 4.84. The molecule has 0 aromatic heterocycles. The highest BCUT2D eigenvalue weighted by atomic mass is 19.1. The van der Waals surface area contributed by atoms with E-state index in [0.717, 1.165) is 18.5 Å². The summed E-state index contributed by atoms with van der Waals surface area (Å²) in [6, 6.07) is 17.3. The second-order valence-electron chi connectivity index (χ2n) is 6.00. The quantitative estimate of drug-likeness (QED) is 0.800. The fourth-order valence-corrected chi connectivity index (χ4v) is 2.79. The summed E-state index contributed by atoms with van der Waals surface area (Å²) in [4.78, 5) is 0. The maximum atomic E-state index is 14.3. The van der Waals surface area contributed by atoms with E-state index < -0.39 is 0 Å². The van der Waals surface area contributed by atoms with Gasteiger partial charge in [0.15, 0.2) is 0 Å². The minimum Gasteiger partial charge on any atom is -0.309 e. The zero-order chi connectivity index (χ0) is 15.3. The Kier molecular flexibility index (Phi) is 5.13. The van der Waals surface area contributed by atoms with E-state index in [1.165, 1.54) is 11.6 Å². The summed E-state index contributed by atoms with van der Waals surface area (Å²) < 4.78 is 14.3. The van der Waals surface area contributed by atoms with Crippen LogP contribution >= 0.6 is 0 Å². The second kappa shape index (κ2) is 6.86. The van der Waals surface area contributed by atoms with Crippen molar-refractivity contribution in [3.8, 4) is 0 Å². The standard InChI is InChI=1S/C19H24FN/c1-4-14-21-18(16-12-8-9-13-17(16)20)19(2,3)15-10-6-5-7-11-15/h5-13,18,21H,4,14H2,1-3H3. The zero-order valence-corrected chi connectivity index (χ0v) is 13.1. The third kappa shape index (κ3) is 3.51. The summed E-state index contributed by atoms with van der Waals surface area (Å²) >= 11 is 0. The van der Waals surface area contributed by atoms with Gasteiger partial charge >= 0.3 is 0 Å². The van der Waals surface area contributed by atoms with Crippen molar-refractivity contribution in [2.75, 3.05) is 6.54 Å². The van der Waals surface area contributed by atoms with Crippen molar-refractivity contribution >= 4 is 0 Å². The first-order chi connectivity index (χ1) is 10.1. The third-order valence-corrected chi connectivity index (χ3v) is 4.05. The summed E-state index contributed by atoms with van der Waals surface area (Å²) in [6.07, 6.45) is 1.02. The van der Waals surface area contributed by atoms with Gasteiger partial charge in [0.25, 0.3) is 0 Å². The molecular weight excluding hydrogens is 261 g/mol. The number of hydrogen-bond acceptors (Lipinski definition) is 1. The van der Waals surface area contributed by atoms with Gasteiger partial charge in [0.2, 0.25) is 0 Å². The molecule has 0 aliphatic rings. The monoisotopic (exact) mass is 285 g/mol. The molecule has 2 aromatic carbocycles. The Hall–Kier alpha value is -1.67. The molecule has 0 radical (unpaired) electrons. The van der Waals surface area contributed by atoms with Crippen molar-refractivity contribution in [2.45, 2.75) is 38.6 Å². The smallest absolute Gasteiger partial charge is 0.128 e. The van der Waals surface area contributed by atoms with Crippen LogP contribution in [0.1, 0.15) is 44.4 Å². The fourth-order valence-electron chi connectivity index (χ4n) is 2.79. The van der Waals surface area contributed by atoms with Gasteiger partial charge in [0, 0.05) is 17.0 Å². The number of nitrogens with one attached hydrogen (secondary N) is 1. The van der Waals surface area contributed by atoms with Crippen LogP contribution in [0.3, 0.4) is 0 Å². The molecule has 0 amide bonds. The van der Waals surface area contributed by atoms with E-state index in [0.29, 0.717) is 0 Å². The van der Waals surface area contributed by atoms with Crippen LogP contribution in [0.5, 0.6) is 0 Å². The van der Waals surface area contributed by atoms with E-state index in [1.807, 2.05) is 30.3 Å². The van der Waals surface area contributed by atoms with Crippen molar-refractivity contribution in [3.05, 3.63) is 71.5 Å². The van der Waals surface area contributed by atoms with Gasteiger partial charge in [-0.3, -0.25) is 0 Å². The van der Waals surface area contributed by atoms with Crippen LogP contribution in [0.15, 0.2) is 54.6 Å². The first kappa shape index (κ1) is 15.7. The summed E-state index contributed by atoms with van der Waals surface area (Å²) in [5.74, 6) is -0.143. The van der Waals surface area contributed by atoms with Gasteiger partial charge in [0.1, 0.15) is 5.82 Å².